The number of anilines is 1. The molecule has 0 aliphatic carbocycles. The number of hydrogen-bond donors (Lipinski definition) is 2. The number of hydroxylamine groups is 1. The summed E-state index contributed by atoms with van der Waals surface area (Å²) in [5.74, 6) is 0.337. The molecule has 8 nitrogen and oxygen atoms in total. The van der Waals surface area contributed by atoms with Crippen LogP contribution in [0.5, 0.6) is 0 Å². The second-order valence-electron chi connectivity index (χ2n) is 8.08. The molecule has 2 atom stereocenters. The fraction of sp³-hybridized carbons (Fsp3) is 0.458. The van der Waals surface area contributed by atoms with Crippen LogP contribution >= 0.6 is 0 Å². The average molecular weight is 440 g/mol. The molecular formula is C24H33N5O3. The number of carbonyl (C=O) groups excluding carboxylic acids is 1. The number of rotatable bonds is 11. The molecule has 1 aliphatic rings. The van der Waals surface area contributed by atoms with Gasteiger partial charge in [-0.2, -0.15) is 0 Å². The maximum Gasteiger partial charge on any atom is 0.267 e. The van der Waals surface area contributed by atoms with E-state index in [1.54, 1.807) is 18.5 Å². The van der Waals surface area contributed by atoms with E-state index in [9.17, 15) is 4.79 Å². The highest BCUT2D eigenvalue weighted by molar-refractivity contribution is 5.90. The predicted molar refractivity (Wildman–Crippen MR) is 125 cm³/mol. The number of carbonyl (C=O) groups is 1. The molecule has 2 N–H and O–H groups in total. The number of aromatic nitrogens is 2. The molecule has 1 aromatic heterocycles. The lowest BCUT2D eigenvalue weighted by Crippen LogP contribution is -2.33. The third-order valence-corrected chi connectivity index (χ3v) is 5.11. The Bertz CT molecular complexity index is 838. The van der Waals surface area contributed by atoms with E-state index >= 15 is 0 Å². The minimum atomic E-state index is -0.370. The van der Waals surface area contributed by atoms with Crippen molar-refractivity contribution in [2.45, 2.75) is 44.9 Å². The fourth-order valence-electron chi connectivity index (χ4n) is 3.44. The monoisotopic (exact) mass is 439 g/mol. The second kappa shape index (κ2) is 12.9. The summed E-state index contributed by atoms with van der Waals surface area (Å²) in [6.07, 6.45) is 9.76. The molecular weight excluding hydrogens is 406 g/mol. The van der Waals surface area contributed by atoms with Crippen molar-refractivity contribution in [1.82, 2.24) is 20.3 Å². The van der Waals surface area contributed by atoms with Crippen LogP contribution in [0.3, 0.4) is 0 Å². The van der Waals surface area contributed by atoms with Crippen molar-refractivity contribution in [2.24, 2.45) is 0 Å². The van der Waals surface area contributed by atoms with Gasteiger partial charge in [-0.05, 0) is 44.9 Å². The van der Waals surface area contributed by atoms with Gasteiger partial charge in [0.1, 0.15) is 5.82 Å². The van der Waals surface area contributed by atoms with Crippen molar-refractivity contribution < 1.29 is 14.4 Å². The lowest BCUT2D eigenvalue weighted by molar-refractivity contribution is -0.198. The van der Waals surface area contributed by atoms with Crippen molar-refractivity contribution in [3.63, 3.8) is 0 Å². The highest BCUT2D eigenvalue weighted by Crippen LogP contribution is 2.12. The van der Waals surface area contributed by atoms with Crippen molar-refractivity contribution in [3.05, 3.63) is 60.1 Å². The normalized spacial score (nSPS) is 17.4. The number of ether oxygens (including phenoxy) is 1. The Kier molecular flexibility index (Phi) is 9.61. The summed E-state index contributed by atoms with van der Waals surface area (Å²) >= 11 is 0. The number of amides is 1. The van der Waals surface area contributed by atoms with Gasteiger partial charge in [0, 0.05) is 38.2 Å². The quantitative estimate of drug-likeness (QED) is 0.411. The van der Waals surface area contributed by atoms with Gasteiger partial charge >= 0.3 is 0 Å². The molecule has 172 valence electrons. The Morgan fingerprint density at radius 3 is 2.84 bits per heavy atom. The first-order valence-corrected chi connectivity index (χ1v) is 11.1. The Morgan fingerprint density at radius 2 is 2.12 bits per heavy atom. The number of likely N-dealkylation sites (N-methyl/N-ethyl adjacent to an activating group) is 1. The molecule has 8 heteroatoms. The van der Waals surface area contributed by atoms with E-state index in [1.165, 1.54) is 11.6 Å². The Hall–Kier alpha value is -2.81. The smallest absolute Gasteiger partial charge is 0.267 e. The molecule has 2 heterocycles. The SMILES string of the molecule is C[C@H](CN(C)CCc1ccccc1)Nc1cnc(C=CC(=O)NOC2CCCCO2)cn1. The summed E-state index contributed by atoms with van der Waals surface area (Å²) in [5, 5.41) is 3.37. The van der Waals surface area contributed by atoms with Crippen LogP contribution in [-0.2, 0) is 20.8 Å². The van der Waals surface area contributed by atoms with Gasteiger partial charge < -0.3 is 15.0 Å². The topological polar surface area (TPSA) is 88.6 Å². The van der Waals surface area contributed by atoms with Crippen molar-refractivity contribution in [2.75, 3.05) is 32.1 Å². The molecule has 2 aromatic rings. The van der Waals surface area contributed by atoms with Crippen LogP contribution in [0.4, 0.5) is 5.82 Å². The van der Waals surface area contributed by atoms with Crippen molar-refractivity contribution >= 4 is 17.8 Å². The van der Waals surface area contributed by atoms with Crippen LogP contribution in [-0.4, -0.2) is 59.9 Å². The lowest BCUT2D eigenvalue weighted by atomic mass is 10.1. The van der Waals surface area contributed by atoms with E-state index in [1.807, 2.05) is 6.07 Å². The summed E-state index contributed by atoms with van der Waals surface area (Å²) in [6, 6.07) is 10.7. The van der Waals surface area contributed by atoms with E-state index < -0.39 is 0 Å². The molecule has 0 bridgehead atoms. The molecule has 32 heavy (non-hydrogen) atoms. The Labute approximate surface area is 190 Å². The van der Waals surface area contributed by atoms with Gasteiger partial charge in [0.15, 0.2) is 6.29 Å². The summed E-state index contributed by atoms with van der Waals surface area (Å²) < 4.78 is 5.40. The molecule has 0 radical (unpaired) electrons. The molecule has 3 rings (SSSR count). The maximum absolute atomic E-state index is 11.9. The van der Waals surface area contributed by atoms with Crippen LogP contribution in [0, 0.1) is 0 Å². The van der Waals surface area contributed by atoms with Gasteiger partial charge in [-0.25, -0.2) is 15.3 Å². The fourth-order valence-corrected chi connectivity index (χ4v) is 3.44. The largest absolute Gasteiger partial charge is 0.365 e. The number of hydrogen-bond acceptors (Lipinski definition) is 7. The molecule has 0 spiro atoms. The Morgan fingerprint density at radius 1 is 1.28 bits per heavy atom. The molecule has 0 saturated carbocycles. The summed E-state index contributed by atoms with van der Waals surface area (Å²) in [5.41, 5.74) is 4.32. The molecule has 1 fully saturated rings. The van der Waals surface area contributed by atoms with E-state index in [0.717, 1.165) is 38.8 Å². The van der Waals surface area contributed by atoms with E-state index in [-0.39, 0.29) is 18.2 Å². The van der Waals surface area contributed by atoms with Crippen LogP contribution in [0.2, 0.25) is 0 Å². The highest BCUT2D eigenvalue weighted by atomic mass is 16.8. The maximum atomic E-state index is 11.9. The second-order valence-corrected chi connectivity index (χ2v) is 8.08. The predicted octanol–water partition coefficient (Wildman–Crippen LogP) is 3.04. The zero-order valence-corrected chi connectivity index (χ0v) is 18.9. The van der Waals surface area contributed by atoms with E-state index in [4.69, 9.17) is 9.57 Å². The highest BCUT2D eigenvalue weighted by Gasteiger charge is 2.15. The minimum Gasteiger partial charge on any atom is -0.365 e. The van der Waals surface area contributed by atoms with E-state index in [2.05, 4.69) is 63.9 Å². The van der Waals surface area contributed by atoms with Crippen LogP contribution < -0.4 is 10.8 Å². The third kappa shape index (κ3) is 8.74. The number of nitrogens with zero attached hydrogens (tertiary/aromatic N) is 3. The van der Waals surface area contributed by atoms with Crippen molar-refractivity contribution in [1.29, 1.82) is 0 Å². The minimum absolute atomic E-state index is 0.219. The first-order chi connectivity index (χ1) is 15.6. The molecule has 1 aromatic carbocycles. The van der Waals surface area contributed by atoms with Gasteiger partial charge in [-0.15, -0.1) is 0 Å². The zero-order valence-electron chi connectivity index (χ0n) is 18.9. The Balaban J connectivity index is 1.36. The first kappa shape index (κ1) is 23.8. The summed E-state index contributed by atoms with van der Waals surface area (Å²) in [6.45, 7) is 4.66. The standard InChI is InChI=1S/C24H33N5O3/c1-19(18-29(2)14-13-20-8-4-3-5-9-20)27-22-17-25-21(16-26-22)11-12-23(30)28-32-24-10-6-7-15-31-24/h3-5,8-9,11-12,16-17,19,24H,6-7,10,13-15,18H2,1-2H3,(H,26,27)(H,28,30)/t19-,24?/m1/s1. The van der Waals surface area contributed by atoms with Crippen LogP contribution in [0.15, 0.2) is 48.8 Å². The molecule has 1 saturated heterocycles. The zero-order chi connectivity index (χ0) is 22.6. The van der Waals surface area contributed by atoms with Crippen LogP contribution in [0.1, 0.15) is 37.4 Å². The van der Waals surface area contributed by atoms with Gasteiger partial charge in [-0.1, -0.05) is 30.3 Å². The van der Waals surface area contributed by atoms with Crippen LogP contribution in [0.25, 0.3) is 6.08 Å². The number of benzene rings is 1. The van der Waals surface area contributed by atoms with E-state index in [0.29, 0.717) is 18.1 Å². The van der Waals surface area contributed by atoms with Gasteiger partial charge in [0.05, 0.1) is 18.1 Å². The molecule has 1 aliphatic heterocycles. The van der Waals surface area contributed by atoms with Gasteiger partial charge in [0.25, 0.3) is 5.91 Å². The average Bonchev–Trinajstić information content (AvgIpc) is 2.82. The molecule has 1 unspecified atom stereocenters. The third-order valence-electron chi connectivity index (χ3n) is 5.11. The van der Waals surface area contributed by atoms with Gasteiger partial charge in [-0.3, -0.25) is 9.78 Å². The lowest BCUT2D eigenvalue weighted by Gasteiger charge is -2.22. The summed E-state index contributed by atoms with van der Waals surface area (Å²) in [7, 11) is 2.12. The number of nitrogens with one attached hydrogen (secondary N) is 2. The van der Waals surface area contributed by atoms with Gasteiger partial charge in [0.2, 0.25) is 0 Å². The molecule has 1 amide bonds. The van der Waals surface area contributed by atoms with Crippen molar-refractivity contribution in [3.8, 4) is 0 Å². The first-order valence-electron chi connectivity index (χ1n) is 11.1. The summed E-state index contributed by atoms with van der Waals surface area (Å²) in [4.78, 5) is 28.1.